The van der Waals surface area contributed by atoms with Crippen molar-refractivity contribution in [2.45, 2.75) is 25.4 Å². The molecule has 2 rings (SSSR count). The minimum atomic E-state index is 0.134. The van der Waals surface area contributed by atoms with E-state index < -0.39 is 0 Å². The standard InChI is InChI=1S/C14H21N3O2/c1-17(8-7-13-6-3-9-19-13)12-5-2-4-11(10-12)14(15)16-18/h2,4-5,10,13,18H,3,6-9H2,1H3,(H2,15,16). The van der Waals surface area contributed by atoms with Crippen molar-refractivity contribution in [1.82, 2.24) is 0 Å². The first-order valence-corrected chi connectivity index (χ1v) is 6.61. The zero-order valence-corrected chi connectivity index (χ0v) is 11.2. The highest BCUT2D eigenvalue weighted by Crippen LogP contribution is 2.19. The van der Waals surface area contributed by atoms with Crippen LogP contribution in [0, 0.1) is 0 Å². The second-order valence-corrected chi connectivity index (χ2v) is 4.88. The van der Waals surface area contributed by atoms with Crippen LogP contribution in [0.5, 0.6) is 0 Å². The predicted molar refractivity (Wildman–Crippen MR) is 75.8 cm³/mol. The zero-order chi connectivity index (χ0) is 13.7. The van der Waals surface area contributed by atoms with Crippen molar-refractivity contribution in [3.05, 3.63) is 29.8 Å². The zero-order valence-electron chi connectivity index (χ0n) is 11.2. The van der Waals surface area contributed by atoms with Gasteiger partial charge in [0.2, 0.25) is 0 Å². The van der Waals surface area contributed by atoms with E-state index in [9.17, 15) is 0 Å². The summed E-state index contributed by atoms with van der Waals surface area (Å²) in [5, 5.41) is 11.7. The van der Waals surface area contributed by atoms with Gasteiger partial charge in [-0.2, -0.15) is 0 Å². The van der Waals surface area contributed by atoms with Gasteiger partial charge in [0.15, 0.2) is 5.84 Å². The molecule has 104 valence electrons. The van der Waals surface area contributed by atoms with Crippen LogP contribution in [0.1, 0.15) is 24.8 Å². The van der Waals surface area contributed by atoms with Crippen molar-refractivity contribution >= 4 is 11.5 Å². The third-order valence-electron chi connectivity index (χ3n) is 3.50. The summed E-state index contributed by atoms with van der Waals surface area (Å²) in [5.41, 5.74) is 7.38. The first-order valence-electron chi connectivity index (χ1n) is 6.61. The van der Waals surface area contributed by atoms with Gasteiger partial charge in [0, 0.05) is 31.5 Å². The first kappa shape index (κ1) is 13.7. The van der Waals surface area contributed by atoms with Crippen LogP contribution in [0.3, 0.4) is 0 Å². The van der Waals surface area contributed by atoms with Crippen LogP contribution in [0.25, 0.3) is 0 Å². The lowest BCUT2D eigenvalue weighted by Gasteiger charge is -2.21. The van der Waals surface area contributed by atoms with Gasteiger partial charge >= 0.3 is 0 Å². The maximum absolute atomic E-state index is 8.70. The SMILES string of the molecule is CN(CCC1CCCO1)c1cccc(C(N)=NO)c1. The molecule has 0 radical (unpaired) electrons. The molecular formula is C14H21N3O2. The third-order valence-corrected chi connectivity index (χ3v) is 3.50. The average molecular weight is 263 g/mol. The number of hydrogen-bond acceptors (Lipinski definition) is 4. The topological polar surface area (TPSA) is 71.1 Å². The Balaban J connectivity index is 1.96. The smallest absolute Gasteiger partial charge is 0.170 e. The maximum atomic E-state index is 8.70. The summed E-state index contributed by atoms with van der Waals surface area (Å²) in [6.07, 6.45) is 3.77. The van der Waals surface area contributed by atoms with E-state index in [2.05, 4.69) is 10.1 Å². The molecule has 5 nitrogen and oxygen atoms in total. The summed E-state index contributed by atoms with van der Waals surface area (Å²) in [7, 11) is 2.04. The van der Waals surface area contributed by atoms with E-state index in [-0.39, 0.29) is 5.84 Å². The van der Waals surface area contributed by atoms with Crippen LogP contribution in [0.2, 0.25) is 0 Å². The van der Waals surface area contributed by atoms with Gasteiger partial charge < -0.3 is 20.6 Å². The number of benzene rings is 1. The predicted octanol–water partition coefficient (Wildman–Crippen LogP) is 1.79. The Morgan fingerprint density at radius 1 is 1.58 bits per heavy atom. The number of rotatable bonds is 5. The molecule has 19 heavy (non-hydrogen) atoms. The Morgan fingerprint density at radius 2 is 2.42 bits per heavy atom. The van der Waals surface area contributed by atoms with E-state index >= 15 is 0 Å². The quantitative estimate of drug-likeness (QED) is 0.368. The lowest BCUT2D eigenvalue weighted by molar-refractivity contribution is 0.106. The second kappa shape index (κ2) is 6.43. The highest BCUT2D eigenvalue weighted by molar-refractivity contribution is 5.97. The Hall–Kier alpha value is -1.75. The third kappa shape index (κ3) is 3.61. The van der Waals surface area contributed by atoms with Gasteiger partial charge in [-0.15, -0.1) is 0 Å². The molecule has 5 heteroatoms. The summed E-state index contributed by atoms with van der Waals surface area (Å²) < 4.78 is 5.62. The fraction of sp³-hybridized carbons (Fsp3) is 0.500. The van der Waals surface area contributed by atoms with Gasteiger partial charge in [-0.05, 0) is 31.4 Å². The lowest BCUT2D eigenvalue weighted by atomic mass is 10.1. The van der Waals surface area contributed by atoms with Gasteiger partial charge in [0.05, 0.1) is 6.10 Å². The molecule has 1 aromatic rings. The summed E-state index contributed by atoms with van der Waals surface area (Å²) in [6, 6.07) is 7.67. The average Bonchev–Trinajstić information content (AvgIpc) is 2.97. The number of amidine groups is 1. The van der Waals surface area contributed by atoms with Crippen LogP contribution in [-0.4, -0.2) is 37.3 Å². The Bertz CT molecular complexity index is 442. The molecule has 1 fully saturated rings. The number of ether oxygens (including phenoxy) is 1. The molecule has 0 amide bonds. The summed E-state index contributed by atoms with van der Waals surface area (Å²) in [4.78, 5) is 2.16. The van der Waals surface area contributed by atoms with E-state index in [4.69, 9.17) is 15.7 Å². The van der Waals surface area contributed by atoms with Crippen LogP contribution in [0.4, 0.5) is 5.69 Å². The monoisotopic (exact) mass is 263 g/mol. The molecule has 1 aromatic carbocycles. The molecule has 1 heterocycles. The highest BCUT2D eigenvalue weighted by Gasteiger charge is 2.16. The Kier molecular flexibility index (Phi) is 4.63. The molecule has 1 unspecified atom stereocenters. The van der Waals surface area contributed by atoms with Crippen LogP contribution in [-0.2, 0) is 4.74 Å². The van der Waals surface area contributed by atoms with E-state index in [0.29, 0.717) is 6.10 Å². The summed E-state index contributed by atoms with van der Waals surface area (Å²) in [6.45, 7) is 1.83. The van der Waals surface area contributed by atoms with Gasteiger partial charge in [-0.3, -0.25) is 0 Å². The molecule has 0 saturated carbocycles. The maximum Gasteiger partial charge on any atom is 0.170 e. The minimum absolute atomic E-state index is 0.134. The largest absolute Gasteiger partial charge is 0.409 e. The normalized spacial score (nSPS) is 19.6. The number of hydrogen-bond donors (Lipinski definition) is 2. The molecule has 1 atom stereocenters. The van der Waals surface area contributed by atoms with Gasteiger partial charge in [0.25, 0.3) is 0 Å². The second-order valence-electron chi connectivity index (χ2n) is 4.88. The van der Waals surface area contributed by atoms with Crippen molar-refractivity contribution in [1.29, 1.82) is 0 Å². The Morgan fingerprint density at radius 3 is 3.11 bits per heavy atom. The van der Waals surface area contributed by atoms with Crippen molar-refractivity contribution in [3.8, 4) is 0 Å². The number of anilines is 1. The molecule has 0 bridgehead atoms. The van der Waals surface area contributed by atoms with Crippen molar-refractivity contribution < 1.29 is 9.94 Å². The van der Waals surface area contributed by atoms with Crippen molar-refractivity contribution in [2.75, 3.05) is 25.1 Å². The molecular weight excluding hydrogens is 242 g/mol. The minimum Gasteiger partial charge on any atom is -0.409 e. The van der Waals surface area contributed by atoms with Crippen LogP contribution < -0.4 is 10.6 Å². The molecule has 0 aromatic heterocycles. The highest BCUT2D eigenvalue weighted by atomic mass is 16.5. The number of nitrogens with two attached hydrogens (primary N) is 1. The molecule has 0 aliphatic carbocycles. The molecule has 0 spiro atoms. The first-order chi connectivity index (χ1) is 9.20. The van der Waals surface area contributed by atoms with E-state index in [0.717, 1.165) is 37.2 Å². The molecule has 1 saturated heterocycles. The van der Waals surface area contributed by atoms with E-state index in [1.165, 1.54) is 6.42 Å². The van der Waals surface area contributed by atoms with Crippen molar-refractivity contribution in [2.24, 2.45) is 10.9 Å². The van der Waals surface area contributed by atoms with Gasteiger partial charge in [0.1, 0.15) is 0 Å². The number of nitrogens with zero attached hydrogens (tertiary/aromatic N) is 2. The Labute approximate surface area is 113 Å². The van der Waals surface area contributed by atoms with Gasteiger partial charge in [-0.25, -0.2) is 0 Å². The molecule has 3 N–H and O–H groups in total. The fourth-order valence-corrected chi connectivity index (χ4v) is 2.30. The summed E-state index contributed by atoms with van der Waals surface area (Å²) >= 11 is 0. The fourth-order valence-electron chi connectivity index (χ4n) is 2.30. The summed E-state index contributed by atoms with van der Waals surface area (Å²) in [5.74, 6) is 0.134. The van der Waals surface area contributed by atoms with Crippen molar-refractivity contribution in [3.63, 3.8) is 0 Å². The van der Waals surface area contributed by atoms with E-state index in [1.807, 2.05) is 31.3 Å². The van der Waals surface area contributed by atoms with Gasteiger partial charge in [-0.1, -0.05) is 17.3 Å². The van der Waals surface area contributed by atoms with E-state index in [1.54, 1.807) is 0 Å². The lowest BCUT2D eigenvalue weighted by Crippen LogP contribution is -2.23. The molecule has 1 aliphatic rings. The molecule has 1 aliphatic heterocycles. The number of oxime groups is 1. The van der Waals surface area contributed by atoms with Crippen LogP contribution in [0.15, 0.2) is 29.4 Å². The van der Waals surface area contributed by atoms with Crippen LogP contribution >= 0.6 is 0 Å².